The van der Waals surface area contributed by atoms with E-state index < -0.39 is 0 Å². The van der Waals surface area contributed by atoms with E-state index in [-0.39, 0.29) is 11.7 Å². The van der Waals surface area contributed by atoms with Crippen molar-refractivity contribution in [2.24, 2.45) is 5.92 Å². The maximum absolute atomic E-state index is 9.27. The SMILES string of the molecule is CC(C)(C)OC[C@H]1CC[C@@H](O)C1. The lowest BCUT2D eigenvalue weighted by atomic mass is 10.1. The normalized spacial score (nSPS) is 31.0. The maximum Gasteiger partial charge on any atom is 0.0598 e. The first kappa shape index (κ1) is 10.0. The van der Waals surface area contributed by atoms with E-state index in [9.17, 15) is 5.11 Å². The molecule has 1 aliphatic rings. The van der Waals surface area contributed by atoms with Crippen LogP contribution < -0.4 is 0 Å². The summed E-state index contributed by atoms with van der Waals surface area (Å²) in [5.74, 6) is 0.583. The van der Waals surface area contributed by atoms with Crippen LogP contribution in [0.1, 0.15) is 40.0 Å². The molecule has 1 N–H and O–H groups in total. The molecular weight excluding hydrogens is 152 g/mol. The van der Waals surface area contributed by atoms with E-state index in [2.05, 4.69) is 20.8 Å². The summed E-state index contributed by atoms with van der Waals surface area (Å²) >= 11 is 0. The molecule has 1 fully saturated rings. The number of hydrogen-bond acceptors (Lipinski definition) is 2. The van der Waals surface area contributed by atoms with Gasteiger partial charge in [-0.15, -0.1) is 0 Å². The topological polar surface area (TPSA) is 29.5 Å². The number of aliphatic hydroxyl groups excluding tert-OH is 1. The average molecular weight is 172 g/mol. The Balaban J connectivity index is 2.16. The van der Waals surface area contributed by atoms with Gasteiger partial charge in [0.05, 0.1) is 18.3 Å². The summed E-state index contributed by atoms with van der Waals surface area (Å²) in [4.78, 5) is 0. The van der Waals surface area contributed by atoms with Crippen LogP contribution in [0.4, 0.5) is 0 Å². The van der Waals surface area contributed by atoms with Crippen LogP contribution in [-0.2, 0) is 4.74 Å². The van der Waals surface area contributed by atoms with E-state index in [1.54, 1.807) is 0 Å². The molecule has 0 bridgehead atoms. The van der Waals surface area contributed by atoms with Crippen LogP contribution in [0, 0.1) is 5.92 Å². The third-order valence-electron chi connectivity index (χ3n) is 2.27. The molecule has 2 atom stereocenters. The maximum atomic E-state index is 9.27. The van der Waals surface area contributed by atoms with Crippen LogP contribution in [0.25, 0.3) is 0 Å². The Morgan fingerprint density at radius 2 is 2.00 bits per heavy atom. The van der Waals surface area contributed by atoms with Gasteiger partial charge >= 0.3 is 0 Å². The van der Waals surface area contributed by atoms with E-state index in [4.69, 9.17) is 4.74 Å². The molecule has 12 heavy (non-hydrogen) atoms. The molecule has 0 heterocycles. The van der Waals surface area contributed by atoms with Crippen molar-refractivity contribution in [1.29, 1.82) is 0 Å². The van der Waals surface area contributed by atoms with Gasteiger partial charge in [0, 0.05) is 0 Å². The minimum atomic E-state index is -0.0708. The molecule has 0 aromatic rings. The van der Waals surface area contributed by atoms with Crippen molar-refractivity contribution in [3.63, 3.8) is 0 Å². The van der Waals surface area contributed by atoms with Crippen molar-refractivity contribution < 1.29 is 9.84 Å². The largest absolute Gasteiger partial charge is 0.393 e. The van der Waals surface area contributed by atoms with Gasteiger partial charge in [-0.25, -0.2) is 0 Å². The van der Waals surface area contributed by atoms with Crippen LogP contribution in [0.3, 0.4) is 0 Å². The highest BCUT2D eigenvalue weighted by molar-refractivity contribution is 4.75. The highest BCUT2D eigenvalue weighted by atomic mass is 16.5. The van der Waals surface area contributed by atoms with Crippen molar-refractivity contribution in [2.75, 3.05) is 6.61 Å². The summed E-state index contributed by atoms with van der Waals surface area (Å²) < 4.78 is 5.65. The summed E-state index contributed by atoms with van der Waals surface area (Å²) in [6, 6.07) is 0. The molecule has 0 aliphatic heterocycles. The molecule has 1 aliphatic carbocycles. The van der Waals surface area contributed by atoms with Crippen LogP contribution >= 0.6 is 0 Å². The summed E-state index contributed by atoms with van der Waals surface area (Å²) in [7, 11) is 0. The van der Waals surface area contributed by atoms with Gasteiger partial charge < -0.3 is 9.84 Å². The Hall–Kier alpha value is -0.0800. The Morgan fingerprint density at radius 1 is 1.33 bits per heavy atom. The zero-order valence-electron chi connectivity index (χ0n) is 8.34. The fourth-order valence-electron chi connectivity index (χ4n) is 1.57. The fourth-order valence-corrected chi connectivity index (χ4v) is 1.57. The number of hydrogen-bond donors (Lipinski definition) is 1. The number of rotatable bonds is 2. The van der Waals surface area contributed by atoms with Crippen molar-refractivity contribution >= 4 is 0 Å². The first-order valence-electron chi connectivity index (χ1n) is 4.79. The lowest BCUT2D eigenvalue weighted by Crippen LogP contribution is -2.22. The quantitative estimate of drug-likeness (QED) is 0.690. The highest BCUT2D eigenvalue weighted by Gasteiger charge is 2.24. The zero-order chi connectivity index (χ0) is 9.19. The smallest absolute Gasteiger partial charge is 0.0598 e. The second-order valence-electron chi connectivity index (χ2n) is 4.76. The van der Waals surface area contributed by atoms with E-state index in [1.165, 1.54) is 0 Å². The highest BCUT2D eigenvalue weighted by Crippen LogP contribution is 2.26. The van der Waals surface area contributed by atoms with Gasteiger partial charge in [0.1, 0.15) is 0 Å². The molecule has 0 saturated heterocycles. The van der Waals surface area contributed by atoms with E-state index in [0.717, 1.165) is 25.9 Å². The Bertz CT molecular complexity index is 137. The molecule has 2 nitrogen and oxygen atoms in total. The van der Waals surface area contributed by atoms with Crippen molar-refractivity contribution in [3.05, 3.63) is 0 Å². The molecule has 1 rings (SSSR count). The van der Waals surface area contributed by atoms with Crippen LogP contribution in [0.5, 0.6) is 0 Å². The first-order chi connectivity index (χ1) is 5.47. The van der Waals surface area contributed by atoms with E-state index in [1.807, 2.05) is 0 Å². The second kappa shape index (κ2) is 3.75. The minimum Gasteiger partial charge on any atom is -0.393 e. The molecule has 1 saturated carbocycles. The van der Waals surface area contributed by atoms with E-state index in [0.29, 0.717) is 5.92 Å². The lowest BCUT2D eigenvalue weighted by molar-refractivity contribution is -0.0228. The third kappa shape index (κ3) is 3.55. The van der Waals surface area contributed by atoms with Crippen molar-refractivity contribution in [3.8, 4) is 0 Å². The van der Waals surface area contributed by atoms with Gasteiger partial charge in [-0.2, -0.15) is 0 Å². The molecule has 0 spiro atoms. The second-order valence-corrected chi connectivity index (χ2v) is 4.76. The summed E-state index contributed by atoms with van der Waals surface area (Å²) in [5.41, 5.74) is -0.0342. The summed E-state index contributed by atoms with van der Waals surface area (Å²) in [6.45, 7) is 7.01. The molecule has 0 radical (unpaired) electrons. The first-order valence-corrected chi connectivity index (χ1v) is 4.79. The predicted octanol–water partition coefficient (Wildman–Crippen LogP) is 1.96. The minimum absolute atomic E-state index is 0.0342. The predicted molar refractivity (Wildman–Crippen MR) is 49.1 cm³/mol. The Labute approximate surface area is 74.9 Å². The molecule has 0 amide bonds. The molecule has 2 heteroatoms. The average Bonchev–Trinajstić information content (AvgIpc) is 2.30. The van der Waals surface area contributed by atoms with Crippen molar-refractivity contribution in [2.45, 2.75) is 51.7 Å². The van der Waals surface area contributed by atoms with Gasteiger partial charge in [0.15, 0.2) is 0 Å². The molecule has 0 aromatic heterocycles. The summed E-state index contributed by atoms with van der Waals surface area (Å²) in [6.07, 6.45) is 2.93. The number of ether oxygens (including phenoxy) is 1. The molecule has 0 unspecified atom stereocenters. The Kier molecular flexibility index (Phi) is 3.13. The third-order valence-corrected chi connectivity index (χ3v) is 2.27. The summed E-state index contributed by atoms with van der Waals surface area (Å²) in [5, 5.41) is 9.27. The molecule has 72 valence electrons. The van der Waals surface area contributed by atoms with Gasteiger partial charge in [0.2, 0.25) is 0 Å². The van der Waals surface area contributed by atoms with Gasteiger partial charge in [-0.3, -0.25) is 0 Å². The number of aliphatic hydroxyl groups is 1. The van der Waals surface area contributed by atoms with Crippen LogP contribution in [0.15, 0.2) is 0 Å². The van der Waals surface area contributed by atoms with Crippen LogP contribution in [0.2, 0.25) is 0 Å². The van der Waals surface area contributed by atoms with E-state index >= 15 is 0 Å². The van der Waals surface area contributed by atoms with Crippen LogP contribution in [-0.4, -0.2) is 23.4 Å². The Morgan fingerprint density at radius 3 is 2.42 bits per heavy atom. The monoisotopic (exact) mass is 172 g/mol. The van der Waals surface area contributed by atoms with Gasteiger partial charge in [0.25, 0.3) is 0 Å². The zero-order valence-corrected chi connectivity index (χ0v) is 8.34. The molecule has 0 aromatic carbocycles. The van der Waals surface area contributed by atoms with Gasteiger partial charge in [-0.05, 0) is 46.0 Å². The molecular formula is C10H20O2. The van der Waals surface area contributed by atoms with Gasteiger partial charge in [-0.1, -0.05) is 0 Å². The lowest BCUT2D eigenvalue weighted by Gasteiger charge is -2.22. The standard InChI is InChI=1S/C10H20O2/c1-10(2,3)12-7-8-4-5-9(11)6-8/h8-9,11H,4-7H2,1-3H3/t8-,9+/m0/s1. The fraction of sp³-hybridized carbons (Fsp3) is 1.00. The van der Waals surface area contributed by atoms with Crippen molar-refractivity contribution in [1.82, 2.24) is 0 Å².